The SMILES string of the molecule is NS(=O)(=O)c1ccc(CNC(=O)c2cc(O)ccc2O)s1. The molecule has 0 atom stereocenters. The second-order valence-electron chi connectivity index (χ2n) is 4.15. The molecule has 0 saturated heterocycles. The molecule has 2 aromatic rings. The second kappa shape index (κ2) is 5.72. The molecule has 0 radical (unpaired) electrons. The normalized spacial score (nSPS) is 11.3. The van der Waals surface area contributed by atoms with Crippen molar-refractivity contribution in [3.05, 3.63) is 40.8 Å². The first-order valence-electron chi connectivity index (χ1n) is 5.69. The van der Waals surface area contributed by atoms with Gasteiger partial charge in [-0.25, -0.2) is 13.6 Å². The minimum absolute atomic E-state index is 0.00644. The third kappa shape index (κ3) is 3.72. The van der Waals surface area contributed by atoms with Crippen molar-refractivity contribution in [1.82, 2.24) is 5.32 Å². The van der Waals surface area contributed by atoms with E-state index in [0.717, 1.165) is 17.4 Å². The van der Waals surface area contributed by atoms with E-state index in [9.17, 15) is 23.4 Å². The van der Waals surface area contributed by atoms with Crippen molar-refractivity contribution in [2.75, 3.05) is 0 Å². The Morgan fingerprint density at radius 3 is 2.57 bits per heavy atom. The van der Waals surface area contributed by atoms with E-state index in [1.807, 2.05) is 0 Å². The number of benzene rings is 1. The topological polar surface area (TPSA) is 130 Å². The highest BCUT2D eigenvalue weighted by molar-refractivity contribution is 7.91. The Morgan fingerprint density at radius 1 is 1.24 bits per heavy atom. The van der Waals surface area contributed by atoms with Crippen LogP contribution in [0.25, 0.3) is 0 Å². The molecule has 1 aromatic heterocycles. The van der Waals surface area contributed by atoms with Gasteiger partial charge in [0.2, 0.25) is 10.0 Å². The third-order valence-electron chi connectivity index (χ3n) is 2.57. The third-order valence-corrected chi connectivity index (χ3v) is 5.09. The number of phenolic OH excluding ortho intramolecular Hbond substituents is 2. The summed E-state index contributed by atoms with van der Waals surface area (Å²) in [7, 11) is -3.75. The molecule has 5 N–H and O–H groups in total. The molecule has 0 aliphatic heterocycles. The molecule has 9 heteroatoms. The first-order valence-corrected chi connectivity index (χ1v) is 8.05. The van der Waals surface area contributed by atoms with Crippen LogP contribution >= 0.6 is 11.3 Å². The van der Waals surface area contributed by atoms with E-state index in [2.05, 4.69) is 5.32 Å². The van der Waals surface area contributed by atoms with Crippen LogP contribution in [0.4, 0.5) is 0 Å². The van der Waals surface area contributed by atoms with E-state index in [4.69, 9.17) is 5.14 Å². The number of aromatic hydroxyl groups is 2. The number of nitrogens with two attached hydrogens (primary N) is 1. The molecule has 0 aliphatic carbocycles. The molecular formula is C12H12N2O5S2. The van der Waals surface area contributed by atoms with Gasteiger partial charge in [-0.1, -0.05) is 0 Å². The van der Waals surface area contributed by atoms with E-state index < -0.39 is 15.9 Å². The molecule has 21 heavy (non-hydrogen) atoms. The Kier molecular flexibility index (Phi) is 4.16. The van der Waals surface area contributed by atoms with Crippen LogP contribution in [-0.4, -0.2) is 24.5 Å². The molecule has 0 spiro atoms. The molecule has 0 bridgehead atoms. The number of amides is 1. The quantitative estimate of drug-likeness (QED) is 0.615. The predicted octanol–water partition coefficient (Wildman–Crippen LogP) is 0.737. The number of carbonyl (C=O) groups excluding carboxylic acids is 1. The van der Waals surface area contributed by atoms with Crippen LogP contribution in [0.5, 0.6) is 11.5 Å². The van der Waals surface area contributed by atoms with Crippen LogP contribution in [0, 0.1) is 0 Å². The van der Waals surface area contributed by atoms with E-state index in [1.165, 1.54) is 24.3 Å². The average Bonchev–Trinajstić information content (AvgIpc) is 2.87. The van der Waals surface area contributed by atoms with Crippen molar-refractivity contribution in [1.29, 1.82) is 0 Å². The van der Waals surface area contributed by atoms with Crippen molar-refractivity contribution < 1.29 is 23.4 Å². The van der Waals surface area contributed by atoms with Crippen LogP contribution in [0.1, 0.15) is 15.2 Å². The summed E-state index contributed by atoms with van der Waals surface area (Å²) in [4.78, 5) is 12.5. The average molecular weight is 328 g/mol. The minimum atomic E-state index is -3.75. The standard InChI is InChI=1S/C12H12N2O5S2/c13-21(18,19)11-4-2-8(20-11)6-14-12(17)9-5-7(15)1-3-10(9)16/h1-5,15-16H,6H2,(H,14,17)(H2,13,18,19). The van der Waals surface area contributed by atoms with E-state index in [-0.39, 0.29) is 27.8 Å². The fourth-order valence-corrected chi connectivity index (χ4v) is 3.29. The molecule has 0 unspecified atom stereocenters. The van der Waals surface area contributed by atoms with Gasteiger partial charge < -0.3 is 15.5 Å². The Labute approximate surface area is 124 Å². The van der Waals surface area contributed by atoms with E-state index >= 15 is 0 Å². The van der Waals surface area contributed by atoms with Gasteiger partial charge in [0.25, 0.3) is 5.91 Å². The van der Waals surface area contributed by atoms with Crippen LogP contribution in [0.2, 0.25) is 0 Å². The van der Waals surface area contributed by atoms with Crippen LogP contribution < -0.4 is 10.5 Å². The number of hydrogen-bond acceptors (Lipinski definition) is 6. The summed E-state index contributed by atoms with van der Waals surface area (Å²) in [6, 6.07) is 6.48. The summed E-state index contributed by atoms with van der Waals surface area (Å²) in [6.07, 6.45) is 0. The van der Waals surface area contributed by atoms with Gasteiger partial charge in [0.1, 0.15) is 15.7 Å². The molecule has 2 rings (SSSR count). The molecule has 112 valence electrons. The molecule has 1 amide bonds. The number of rotatable bonds is 4. The van der Waals surface area contributed by atoms with Crippen molar-refractivity contribution in [3.8, 4) is 11.5 Å². The van der Waals surface area contributed by atoms with Crippen molar-refractivity contribution in [2.45, 2.75) is 10.8 Å². The first kappa shape index (κ1) is 15.3. The lowest BCUT2D eigenvalue weighted by Crippen LogP contribution is -2.22. The second-order valence-corrected chi connectivity index (χ2v) is 7.11. The van der Waals surface area contributed by atoms with Gasteiger partial charge in [-0.15, -0.1) is 11.3 Å². The lowest BCUT2D eigenvalue weighted by Gasteiger charge is -2.06. The highest BCUT2D eigenvalue weighted by Gasteiger charge is 2.14. The Bertz CT molecular complexity index is 783. The van der Waals surface area contributed by atoms with Gasteiger partial charge >= 0.3 is 0 Å². The molecule has 1 aromatic carbocycles. The fourth-order valence-electron chi connectivity index (χ4n) is 1.57. The zero-order valence-corrected chi connectivity index (χ0v) is 12.2. The highest BCUT2D eigenvalue weighted by Crippen LogP contribution is 2.23. The molecule has 0 saturated carbocycles. The van der Waals surface area contributed by atoms with Gasteiger partial charge in [-0.3, -0.25) is 4.79 Å². The van der Waals surface area contributed by atoms with Crippen molar-refractivity contribution in [3.63, 3.8) is 0 Å². The maximum absolute atomic E-state index is 11.9. The summed E-state index contributed by atoms with van der Waals surface area (Å²) in [5, 5.41) is 26.3. The molecule has 1 heterocycles. The Morgan fingerprint density at radius 2 is 1.95 bits per heavy atom. The van der Waals surface area contributed by atoms with Crippen LogP contribution in [-0.2, 0) is 16.6 Å². The molecular weight excluding hydrogens is 316 g/mol. The van der Waals surface area contributed by atoms with Crippen LogP contribution in [0.3, 0.4) is 0 Å². The monoisotopic (exact) mass is 328 g/mol. The van der Waals surface area contributed by atoms with Gasteiger partial charge in [0.15, 0.2) is 0 Å². The zero-order chi connectivity index (χ0) is 15.6. The van der Waals surface area contributed by atoms with Crippen LogP contribution in [0.15, 0.2) is 34.5 Å². The van der Waals surface area contributed by atoms with Gasteiger partial charge in [0, 0.05) is 4.88 Å². The number of nitrogens with one attached hydrogen (secondary N) is 1. The number of phenols is 2. The number of primary sulfonamides is 1. The number of sulfonamides is 1. The minimum Gasteiger partial charge on any atom is -0.508 e. The summed E-state index contributed by atoms with van der Waals surface area (Å²) >= 11 is 0.945. The van der Waals surface area contributed by atoms with Gasteiger partial charge in [-0.2, -0.15) is 0 Å². The Hall–Kier alpha value is -2.10. The van der Waals surface area contributed by atoms with Gasteiger partial charge in [0.05, 0.1) is 12.1 Å². The van der Waals surface area contributed by atoms with E-state index in [0.29, 0.717) is 4.88 Å². The highest BCUT2D eigenvalue weighted by atomic mass is 32.2. The predicted molar refractivity (Wildman–Crippen MR) is 76.6 cm³/mol. The van der Waals surface area contributed by atoms with Crippen molar-refractivity contribution >= 4 is 27.3 Å². The number of carbonyl (C=O) groups is 1. The molecule has 0 fully saturated rings. The summed E-state index contributed by atoms with van der Waals surface area (Å²) in [5.41, 5.74) is -0.0711. The maximum atomic E-state index is 11.9. The lowest BCUT2D eigenvalue weighted by molar-refractivity contribution is 0.0948. The molecule has 0 aliphatic rings. The maximum Gasteiger partial charge on any atom is 0.255 e. The Balaban J connectivity index is 2.08. The fraction of sp³-hybridized carbons (Fsp3) is 0.0833. The van der Waals surface area contributed by atoms with E-state index in [1.54, 1.807) is 0 Å². The summed E-state index contributed by atoms with van der Waals surface area (Å²) < 4.78 is 22.3. The lowest BCUT2D eigenvalue weighted by atomic mass is 10.2. The number of thiophene rings is 1. The molecule has 7 nitrogen and oxygen atoms in total. The first-order chi connectivity index (χ1) is 9.77. The zero-order valence-electron chi connectivity index (χ0n) is 10.6. The summed E-state index contributed by atoms with van der Waals surface area (Å²) in [5.74, 6) is -0.999. The number of hydrogen-bond donors (Lipinski definition) is 4. The summed E-state index contributed by atoms with van der Waals surface area (Å²) in [6.45, 7) is 0.0775. The smallest absolute Gasteiger partial charge is 0.255 e. The van der Waals surface area contributed by atoms with Crippen molar-refractivity contribution in [2.24, 2.45) is 5.14 Å². The van der Waals surface area contributed by atoms with Gasteiger partial charge in [-0.05, 0) is 30.3 Å². The largest absolute Gasteiger partial charge is 0.508 e.